The van der Waals surface area contributed by atoms with Gasteiger partial charge in [0.2, 0.25) is 0 Å². The number of fused-ring (bicyclic) bond motifs is 2. The summed E-state index contributed by atoms with van der Waals surface area (Å²) < 4.78 is 14.7. The highest BCUT2D eigenvalue weighted by atomic mass is 19.1. The van der Waals surface area contributed by atoms with Crippen LogP contribution in [0.3, 0.4) is 0 Å². The average Bonchev–Trinajstić information content (AvgIpc) is 2.39. The van der Waals surface area contributed by atoms with Gasteiger partial charge in [-0.25, -0.2) is 9.18 Å². The van der Waals surface area contributed by atoms with Crippen LogP contribution in [0.25, 0.3) is 0 Å². The smallest absolute Gasteiger partial charge is 0.335 e. The molecule has 19 heavy (non-hydrogen) atoms. The van der Waals surface area contributed by atoms with E-state index in [2.05, 4.69) is 9.80 Å². The van der Waals surface area contributed by atoms with Gasteiger partial charge in [0.15, 0.2) is 0 Å². The summed E-state index contributed by atoms with van der Waals surface area (Å²) in [6, 6.07) is 4.65. The fourth-order valence-electron chi connectivity index (χ4n) is 3.02. The van der Waals surface area contributed by atoms with Crippen molar-refractivity contribution in [2.45, 2.75) is 18.8 Å². The van der Waals surface area contributed by atoms with Gasteiger partial charge < -0.3 is 10.0 Å². The molecule has 2 aliphatic rings. The van der Waals surface area contributed by atoms with E-state index in [1.165, 1.54) is 6.07 Å². The highest BCUT2D eigenvalue weighted by molar-refractivity contribution is 5.88. The van der Waals surface area contributed by atoms with E-state index in [-0.39, 0.29) is 11.6 Å². The zero-order valence-corrected chi connectivity index (χ0v) is 10.8. The fourth-order valence-corrected chi connectivity index (χ4v) is 3.02. The summed E-state index contributed by atoms with van der Waals surface area (Å²) in [7, 11) is 1.99. The summed E-state index contributed by atoms with van der Waals surface area (Å²) in [6.45, 7) is 3.22. The minimum Gasteiger partial charge on any atom is -0.478 e. The van der Waals surface area contributed by atoms with Crippen LogP contribution in [-0.2, 0) is 6.54 Å². The maximum absolute atomic E-state index is 14.7. The van der Waals surface area contributed by atoms with Crippen molar-refractivity contribution in [3.05, 3.63) is 34.9 Å². The predicted octanol–water partition coefficient (Wildman–Crippen LogP) is 1.52. The molecule has 4 nitrogen and oxygen atoms in total. The van der Waals surface area contributed by atoms with Crippen LogP contribution in [0.4, 0.5) is 4.39 Å². The van der Waals surface area contributed by atoms with Gasteiger partial charge in [0.05, 0.1) is 11.6 Å². The van der Waals surface area contributed by atoms with Crippen LogP contribution in [0.5, 0.6) is 0 Å². The van der Waals surface area contributed by atoms with Crippen molar-refractivity contribution >= 4 is 5.97 Å². The number of rotatable bonds is 1. The Labute approximate surface area is 111 Å². The number of piperazine rings is 1. The van der Waals surface area contributed by atoms with Gasteiger partial charge in [-0.2, -0.15) is 0 Å². The monoisotopic (exact) mass is 264 g/mol. The molecule has 1 fully saturated rings. The minimum absolute atomic E-state index is 0.157. The molecule has 0 aromatic heterocycles. The maximum atomic E-state index is 14.7. The van der Waals surface area contributed by atoms with Gasteiger partial charge in [0.1, 0.15) is 6.17 Å². The SMILES string of the molecule is CN1CCN2Cc3ccc(C(=O)O)cc3C(F)C2C1. The third kappa shape index (κ3) is 2.13. The van der Waals surface area contributed by atoms with Crippen molar-refractivity contribution in [3.63, 3.8) is 0 Å². The Morgan fingerprint density at radius 2 is 2.21 bits per heavy atom. The van der Waals surface area contributed by atoms with E-state index < -0.39 is 12.1 Å². The van der Waals surface area contributed by atoms with Crippen molar-refractivity contribution in [2.24, 2.45) is 0 Å². The Morgan fingerprint density at radius 3 is 2.95 bits per heavy atom. The van der Waals surface area contributed by atoms with Crippen LogP contribution in [0.15, 0.2) is 18.2 Å². The summed E-state index contributed by atoms with van der Waals surface area (Å²) in [5.41, 5.74) is 1.63. The lowest BCUT2D eigenvalue weighted by molar-refractivity contribution is 0.0200. The van der Waals surface area contributed by atoms with Crippen LogP contribution in [0.2, 0.25) is 0 Å². The summed E-state index contributed by atoms with van der Waals surface area (Å²) in [4.78, 5) is 15.3. The molecule has 2 aliphatic heterocycles. The van der Waals surface area contributed by atoms with E-state index in [0.717, 1.165) is 18.7 Å². The lowest BCUT2D eigenvalue weighted by Gasteiger charge is -2.45. The number of carbonyl (C=O) groups is 1. The third-order valence-electron chi connectivity index (χ3n) is 4.14. The lowest BCUT2D eigenvalue weighted by Crippen LogP contribution is -2.55. The number of halogens is 1. The molecular formula is C14H17FN2O2. The van der Waals surface area contributed by atoms with Gasteiger partial charge >= 0.3 is 5.97 Å². The van der Waals surface area contributed by atoms with Crippen molar-refractivity contribution in [1.82, 2.24) is 9.80 Å². The normalized spacial score (nSPS) is 27.7. The second kappa shape index (κ2) is 4.58. The second-order valence-electron chi connectivity index (χ2n) is 5.42. The van der Waals surface area contributed by atoms with Crippen LogP contribution < -0.4 is 0 Å². The molecular weight excluding hydrogens is 247 g/mol. The van der Waals surface area contributed by atoms with Gasteiger partial charge in [-0.05, 0) is 30.3 Å². The number of hydrogen-bond donors (Lipinski definition) is 1. The molecule has 0 amide bonds. The summed E-state index contributed by atoms with van der Waals surface area (Å²) >= 11 is 0. The molecule has 0 radical (unpaired) electrons. The fraction of sp³-hybridized carbons (Fsp3) is 0.500. The van der Waals surface area contributed by atoms with Gasteiger partial charge in [-0.3, -0.25) is 4.90 Å². The molecule has 5 heteroatoms. The van der Waals surface area contributed by atoms with Crippen molar-refractivity contribution in [3.8, 4) is 0 Å². The van der Waals surface area contributed by atoms with Gasteiger partial charge in [0.25, 0.3) is 0 Å². The number of aromatic carboxylic acids is 1. The first-order valence-corrected chi connectivity index (χ1v) is 6.49. The Kier molecular flexibility index (Phi) is 3.03. The van der Waals surface area contributed by atoms with Crippen LogP contribution in [0.1, 0.15) is 27.7 Å². The van der Waals surface area contributed by atoms with Crippen LogP contribution >= 0.6 is 0 Å². The number of carboxylic acid groups (broad SMARTS) is 1. The molecule has 0 bridgehead atoms. The third-order valence-corrected chi connectivity index (χ3v) is 4.14. The van der Waals surface area contributed by atoms with E-state index in [9.17, 15) is 9.18 Å². The van der Waals surface area contributed by atoms with Crippen LogP contribution in [-0.4, -0.2) is 53.6 Å². The van der Waals surface area contributed by atoms with E-state index >= 15 is 0 Å². The van der Waals surface area contributed by atoms with Gasteiger partial charge in [0, 0.05) is 26.2 Å². The molecule has 2 unspecified atom stereocenters. The topological polar surface area (TPSA) is 43.8 Å². The first-order chi connectivity index (χ1) is 9.06. The molecule has 1 saturated heterocycles. The van der Waals surface area contributed by atoms with Crippen molar-refractivity contribution in [2.75, 3.05) is 26.7 Å². The van der Waals surface area contributed by atoms with E-state index in [1.807, 2.05) is 7.05 Å². The maximum Gasteiger partial charge on any atom is 0.335 e. The summed E-state index contributed by atoms with van der Waals surface area (Å²) in [5, 5.41) is 9.01. The molecule has 1 N–H and O–H groups in total. The summed E-state index contributed by atoms with van der Waals surface area (Å²) in [5.74, 6) is -1.00. The molecule has 0 aliphatic carbocycles. The molecule has 3 rings (SSSR count). The zero-order chi connectivity index (χ0) is 13.6. The van der Waals surface area contributed by atoms with E-state index in [4.69, 9.17) is 5.11 Å². The zero-order valence-electron chi connectivity index (χ0n) is 10.8. The average molecular weight is 264 g/mol. The Balaban J connectivity index is 1.97. The standard InChI is InChI=1S/C14H17FN2O2/c1-16-4-5-17-7-10-3-2-9(14(18)19)6-11(10)13(15)12(17)8-16/h2-3,6,12-13H,4-5,7-8H2,1H3,(H,18,19). The van der Waals surface area contributed by atoms with Gasteiger partial charge in [-0.1, -0.05) is 6.07 Å². The molecule has 0 saturated carbocycles. The first kappa shape index (κ1) is 12.6. The van der Waals surface area contributed by atoms with E-state index in [0.29, 0.717) is 18.7 Å². The number of likely N-dealkylation sites (N-methyl/N-ethyl adjacent to an activating group) is 1. The number of benzene rings is 1. The van der Waals surface area contributed by atoms with E-state index in [1.54, 1.807) is 12.1 Å². The number of alkyl halides is 1. The molecule has 1 aromatic rings. The lowest BCUT2D eigenvalue weighted by atomic mass is 9.89. The van der Waals surface area contributed by atoms with Gasteiger partial charge in [-0.15, -0.1) is 0 Å². The summed E-state index contributed by atoms with van der Waals surface area (Å²) in [6.07, 6.45) is -1.11. The Morgan fingerprint density at radius 1 is 1.42 bits per heavy atom. The van der Waals surface area contributed by atoms with Crippen molar-refractivity contribution < 1.29 is 14.3 Å². The number of nitrogens with zero attached hydrogens (tertiary/aromatic N) is 2. The highest BCUT2D eigenvalue weighted by Gasteiger charge is 2.38. The van der Waals surface area contributed by atoms with Crippen LogP contribution in [0, 0.1) is 0 Å². The second-order valence-corrected chi connectivity index (χ2v) is 5.42. The highest BCUT2D eigenvalue weighted by Crippen LogP contribution is 2.36. The molecule has 102 valence electrons. The Hall–Kier alpha value is -1.46. The quantitative estimate of drug-likeness (QED) is 0.835. The molecule has 2 heterocycles. The minimum atomic E-state index is -1.11. The predicted molar refractivity (Wildman–Crippen MR) is 68.9 cm³/mol. The largest absolute Gasteiger partial charge is 0.478 e. The number of hydrogen-bond acceptors (Lipinski definition) is 3. The molecule has 2 atom stereocenters. The van der Waals surface area contributed by atoms with Crippen molar-refractivity contribution in [1.29, 1.82) is 0 Å². The Bertz CT molecular complexity index is 520. The molecule has 0 spiro atoms. The first-order valence-electron chi connectivity index (χ1n) is 6.49. The number of carboxylic acids is 1. The molecule has 1 aromatic carbocycles.